The first-order valence-corrected chi connectivity index (χ1v) is 9.62. The average molecular weight is 414 g/mol. The summed E-state index contributed by atoms with van der Waals surface area (Å²) in [5.41, 5.74) is 0.434. The molecule has 31 heavy (non-hydrogen) atoms. The van der Waals surface area contributed by atoms with Gasteiger partial charge in [0.05, 0.1) is 10.5 Å². The number of para-hydroxylation sites is 1. The molecule has 154 valence electrons. The molecule has 0 unspecified atom stereocenters. The van der Waals surface area contributed by atoms with Gasteiger partial charge in [0, 0.05) is 18.1 Å². The Kier molecular flexibility index (Phi) is 5.32. The van der Waals surface area contributed by atoms with Gasteiger partial charge in [-0.3, -0.25) is 14.9 Å². The Morgan fingerprint density at radius 3 is 2.03 bits per heavy atom. The minimum Gasteiger partial charge on any atom is -0.480 e. The maximum atomic E-state index is 13.3. The number of nitrogens with zero attached hydrogens (tertiary/aromatic N) is 1. The summed E-state index contributed by atoms with van der Waals surface area (Å²) in [6.07, 6.45) is -0.207. The fourth-order valence-corrected chi connectivity index (χ4v) is 3.77. The van der Waals surface area contributed by atoms with Crippen molar-refractivity contribution in [3.8, 4) is 0 Å². The first-order chi connectivity index (χ1) is 15.0. The van der Waals surface area contributed by atoms with E-state index in [4.69, 9.17) is 0 Å². The molecule has 1 amide bonds. The summed E-state index contributed by atoms with van der Waals surface area (Å²) in [6, 6.07) is 21.3. The van der Waals surface area contributed by atoms with Gasteiger partial charge in [0.25, 0.3) is 11.6 Å². The molecule has 0 fully saturated rings. The van der Waals surface area contributed by atoms with Gasteiger partial charge < -0.3 is 10.4 Å². The molecule has 0 saturated carbocycles. The van der Waals surface area contributed by atoms with Crippen molar-refractivity contribution in [1.82, 2.24) is 5.32 Å². The molecule has 0 aliphatic carbocycles. The lowest BCUT2D eigenvalue weighted by atomic mass is 9.95. The number of nitro groups is 1. The van der Waals surface area contributed by atoms with Gasteiger partial charge in [-0.15, -0.1) is 0 Å². The van der Waals surface area contributed by atoms with Crippen LogP contribution in [0.5, 0.6) is 0 Å². The van der Waals surface area contributed by atoms with E-state index in [0.717, 1.165) is 10.8 Å². The van der Waals surface area contributed by atoms with E-state index in [1.807, 2.05) is 54.6 Å². The lowest BCUT2D eigenvalue weighted by Gasteiger charge is -2.17. The molecule has 0 aliphatic heterocycles. The Morgan fingerprint density at radius 1 is 0.903 bits per heavy atom. The zero-order chi connectivity index (χ0) is 22.0. The van der Waals surface area contributed by atoms with E-state index in [0.29, 0.717) is 16.3 Å². The number of amides is 1. The quantitative estimate of drug-likeness (QED) is 0.277. The van der Waals surface area contributed by atoms with E-state index in [-0.39, 0.29) is 17.7 Å². The van der Waals surface area contributed by atoms with Gasteiger partial charge >= 0.3 is 5.97 Å². The second-order valence-electron chi connectivity index (χ2n) is 7.15. The summed E-state index contributed by atoms with van der Waals surface area (Å²) in [4.78, 5) is 35.9. The predicted octanol–water partition coefficient (Wildman–Crippen LogP) is 4.33. The second kappa shape index (κ2) is 8.23. The number of carboxylic acid groups (broad SMARTS) is 1. The zero-order valence-corrected chi connectivity index (χ0v) is 16.3. The van der Waals surface area contributed by atoms with Crippen molar-refractivity contribution in [2.45, 2.75) is 12.5 Å². The van der Waals surface area contributed by atoms with Crippen LogP contribution >= 0.6 is 0 Å². The number of hydrogen-bond acceptors (Lipinski definition) is 4. The van der Waals surface area contributed by atoms with Crippen molar-refractivity contribution in [1.29, 1.82) is 0 Å². The molecule has 0 radical (unpaired) electrons. The van der Waals surface area contributed by atoms with Gasteiger partial charge in [0.2, 0.25) is 0 Å². The molecule has 7 heteroatoms. The van der Waals surface area contributed by atoms with Crippen LogP contribution in [0.4, 0.5) is 5.69 Å². The van der Waals surface area contributed by atoms with Crippen LogP contribution in [-0.2, 0) is 11.2 Å². The molecule has 0 spiro atoms. The first kappa shape index (κ1) is 20.0. The molecular weight excluding hydrogens is 396 g/mol. The van der Waals surface area contributed by atoms with Gasteiger partial charge in [0.15, 0.2) is 0 Å². The third kappa shape index (κ3) is 3.93. The van der Waals surface area contributed by atoms with Gasteiger partial charge in [-0.05, 0) is 27.6 Å². The van der Waals surface area contributed by atoms with Crippen molar-refractivity contribution in [3.05, 3.63) is 100 Å². The molecule has 4 aromatic carbocycles. The minimum atomic E-state index is -1.33. The largest absolute Gasteiger partial charge is 0.480 e. The van der Waals surface area contributed by atoms with Gasteiger partial charge in [0.1, 0.15) is 6.04 Å². The minimum absolute atomic E-state index is 0.182. The van der Waals surface area contributed by atoms with Crippen molar-refractivity contribution in [2.75, 3.05) is 0 Å². The summed E-state index contributed by atoms with van der Waals surface area (Å²) < 4.78 is 0. The lowest BCUT2D eigenvalue weighted by molar-refractivity contribution is -0.385. The zero-order valence-electron chi connectivity index (χ0n) is 16.3. The fourth-order valence-electron chi connectivity index (χ4n) is 3.77. The molecule has 4 rings (SSSR count). The molecule has 0 saturated heterocycles. The lowest BCUT2D eigenvalue weighted by Crippen LogP contribution is -2.42. The smallest absolute Gasteiger partial charge is 0.326 e. The topological polar surface area (TPSA) is 110 Å². The van der Waals surface area contributed by atoms with E-state index in [1.54, 1.807) is 6.07 Å². The molecule has 7 nitrogen and oxygen atoms in total. The van der Waals surface area contributed by atoms with Crippen LogP contribution in [0, 0.1) is 10.1 Å². The summed E-state index contributed by atoms with van der Waals surface area (Å²) in [5, 5.41) is 26.7. The van der Waals surface area contributed by atoms with Crippen LogP contribution < -0.4 is 5.32 Å². The second-order valence-corrected chi connectivity index (χ2v) is 7.15. The normalized spacial score (nSPS) is 11.9. The number of hydrogen-bond donors (Lipinski definition) is 2. The Morgan fingerprint density at radius 2 is 1.45 bits per heavy atom. The Hall–Kier alpha value is -4.26. The molecule has 0 aromatic heterocycles. The highest BCUT2D eigenvalue weighted by Gasteiger charge is 2.26. The highest BCUT2D eigenvalue weighted by Crippen LogP contribution is 2.29. The number of rotatable bonds is 6. The van der Waals surface area contributed by atoms with Crippen LogP contribution in [0.15, 0.2) is 78.9 Å². The molecule has 0 heterocycles. The number of benzene rings is 4. The van der Waals surface area contributed by atoms with E-state index >= 15 is 0 Å². The number of aliphatic carboxylic acids is 1. The Balaban J connectivity index is 1.75. The number of carbonyl (C=O) groups excluding carboxylic acids is 1. The maximum absolute atomic E-state index is 13.3. The Labute approximate surface area is 177 Å². The van der Waals surface area contributed by atoms with Crippen LogP contribution in [-0.4, -0.2) is 27.9 Å². The molecular formula is C24H18N2O5. The van der Waals surface area contributed by atoms with E-state index < -0.39 is 22.8 Å². The first-order valence-electron chi connectivity index (χ1n) is 9.62. The van der Waals surface area contributed by atoms with Crippen molar-refractivity contribution in [3.63, 3.8) is 0 Å². The van der Waals surface area contributed by atoms with Crippen LogP contribution in [0.2, 0.25) is 0 Å². The molecule has 0 aliphatic rings. The number of carbonyl (C=O) groups is 2. The highest BCUT2D eigenvalue weighted by molar-refractivity contribution is 6.18. The molecule has 2 N–H and O–H groups in total. The summed E-state index contributed by atoms with van der Waals surface area (Å²) in [5.74, 6) is -1.81. The van der Waals surface area contributed by atoms with Crippen molar-refractivity contribution < 1.29 is 19.6 Å². The maximum Gasteiger partial charge on any atom is 0.326 e. The fraction of sp³-hybridized carbons (Fsp3) is 0.0833. The van der Waals surface area contributed by atoms with Crippen LogP contribution in [0.1, 0.15) is 15.9 Å². The molecule has 0 bridgehead atoms. The van der Waals surface area contributed by atoms with Gasteiger partial charge in [-0.25, -0.2) is 4.79 Å². The monoisotopic (exact) mass is 414 g/mol. The van der Waals surface area contributed by atoms with Crippen LogP contribution in [0.3, 0.4) is 0 Å². The molecule has 1 atom stereocenters. The number of carboxylic acids is 1. The van der Waals surface area contributed by atoms with Crippen LogP contribution in [0.25, 0.3) is 21.5 Å². The third-order valence-corrected chi connectivity index (χ3v) is 5.21. The SMILES string of the molecule is O=C(N[C@@H](Cc1ccccc1[N+](=O)[O-])C(=O)O)c1c2ccccc2cc2ccccc12. The number of nitro benzene ring substituents is 1. The number of nitrogens with one attached hydrogen (secondary N) is 1. The third-order valence-electron chi connectivity index (χ3n) is 5.21. The highest BCUT2D eigenvalue weighted by atomic mass is 16.6. The average Bonchev–Trinajstić information content (AvgIpc) is 2.77. The Bertz CT molecular complexity index is 1280. The van der Waals surface area contributed by atoms with Gasteiger partial charge in [-0.2, -0.15) is 0 Å². The standard InChI is InChI=1S/C24H18N2O5/c27-23(25-20(24(28)29)14-17-9-3-6-12-21(17)26(30)31)22-18-10-4-1-7-15(18)13-16-8-2-5-11-19(16)22/h1-13,20H,14H2,(H,25,27)(H,28,29)/t20-/m0/s1. The van der Waals surface area contributed by atoms with E-state index in [1.165, 1.54) is 18.2 Å². The predicted molar refractivity (Wildman–Crippen MR) is 117 cm³/mol. The summed E-state index contributed by atoms with van der Waals surface area (Å²) in [6.45, 7) is 0. The van der Waals surface area contributed by atoms with E-state index in [9.17, 15) is 24.8 Å². The number of fused-ring (bicyclic) bond motifs is 2. The van der Waals surface area contributed by atoms with Gasteiger partial charge in [-0.1, -0.05) is 66.7 Å². The summed E-state index contributed by atoms with van der Waals surface area (Å²) in [7, 11) is 0. The van der Waals surface area contributed by atoms with Crippen molar-refractivity contribution >= 4 is 39.1 Å². The van der Waals surface area contributed by atoms with Crippen molar-refractivity contribution in [2.24, 2.45) is 0 Å². The summed E-state index contributed by atoms with van der Waals surface area (Å²) >= 11 is 0. The molecule has 4 aromatic rings. The van der Waals surface area contributed by atoms with E-state index in [2.05, 4.69) is 5.32 Å².